The maximum atomic E-state index is 13.1. The molecule has 164 valence electrons. The molecule has 4 rings (SSSR count). The Morgan fingerprint density at radius 3 is 2.66 bits per heavy atom. The van der Waals surface area contributed by atoms with Crippen molar-refractivity contribution >= 4 is 23.1 Å². The number of anilines is 1. The minimum Gasteiger partial charge on any atom is -0.425 e. The zero-order valence-electron chi connectivity index (χ0n) is 17.9. The summed E-state index contributed by atoms with van der Waals surface area (Å²) in [5.41, 5.74) is 8.85. The van der Waals surface area contributed by atoms with E-state index in [4.69, 9.17) is 10.5 Å². The lowest BCUT2D eigenvalue weighted by Gasteiger charge is -2.07. The summed E-state index contributed by atoms with van der Waals surface area (Å²) in [6.07, 6.45) is 6.73. The van der Waals surface area contributed by atoms with Gasteiger partial charge in [-0.3, -0.25) is 9.13 Å². The number of hydrogen-bond donors (Lipinski definition) is 2. The molecule has 3 heterocycles. The van der Waals surface area contributed by atoms with E-state index in [1.54, 1.807) is 70.9 Å². The molecule has 32 heavy (non-hydrogen) atoms. The molecule has 0 fully saturated rings. The molecule has 3 aromatic heterocycles. The Morgan fingerprint density at radius 2 is 2.00 bits per heavy atom. The summed E-state index contributed by atoms with van der Waals surface area (Å²) >= 11 is 0. The van der Waals surface area contributed by atoms with E-state index in [1.165, 1.54) is 4.57 Å². The normalized spacial score (nSPS) is 11.5. The highest BCUT2D eigenvalue weighted by atomic mass is 16.5. The fourth-order valence-corrected chi connectivity index (χ4v) is 3.55. The largest absolute Gasteiger partial charge is 0.425 e. The van der Waals surface area contributed by atoms with Crippen LogP contribution in [0.4, 0.5) is 5.82 Å². The topological polar surface area (TPSA) is 113 Å². The Balaban J connectivity index is 1.71. The van der Waals surface area contributed by atoms with Crippen LogP contribution in [-0.2, 0) is 20.2 Å². The number of pyridine rings is 1. The Bertz CT molecular complexity index is 1380. The Morgan fingerprint density at radius 1 is 1.25 bits per heavy atom. The van der Waals surface area contributed by atoms with E-state index in [2.05, 4.69) is 16.5 Å². The zero-order valence-corrected chi connectivity index (χ0v) is 17.9. The van der Waals surface area contributed by atoms with Crippen molar-refractivity contribution in [3.8, 4) is 17.4 Å². The molecule has 0 aliphatic carbocycles. The molecule has 0 atom stereocenters. The number of ether oxygens (including phenoxy) is 1. The number of aliphatic hydroxyl groups excluding tert-OH is 1. The average Bonchev–Trinajstić information content (AvgIpc) is 3.25. The molecule has 3 N–H and O–H groups in total. The van der Waals surface area contributed by atoms with E-state index in [-0.39, 0.29) is 12.3 Å². The van der Waals surface area contributed by atoms with Crippen molar-refractivity contribution in [1.82, 2.24) is 23.7 Å². The van der Waals surface area contributed by atoms with Gasteiger partial charge in [0.1, 0.15) is 17.3 Å². The lowest BCUT2D eigenvalue weighted by molar-refractivity contribution is 0.282. The number of imidazole rings is 2. The first-order valence-corrected chi connectivity index (χ1v) is 10.1. The van der Waals surface area contributed by atoms with E-state index < -0.39 is 0 Å². The lowest BCUT2D eigenvalue weighted by Crippen LogP contribution is -2.22. The number of nitrogens with zero attached hydrogens (tertiary/aromatic N) is 5. The van der Waals surface area contributed by atoms with E-state index in [9.17, 15) is 9.90 Å². The molecule has 0 amide bonds. The number of nitrogen functional groups attached to an aromatic ring is 1. The summed E-state index contributed by atoms with van der Waals surface area (Å²) in [5, 5.41) is 9.70. The van der Waals surface area contributed by atoms with Crippen LogP contribution in [0.3, 0.4) is 0 Å². The van der Waals surface area contributed by atoms with Crippen molar-refractivity contribution in [3.05, 3.63) is 77.0 Å². The van der Waals surface area contributed by atoms with E-state index in [0.717, 1.165) is 0 Å². The second-order valence-corrected chi connectivity index (χ2v) is 7.08. The maximum absolute atomic E-state index is 13.1. The minimum atomic E-state index is -0.222. The van der Waals surface area contributed by atoms with E-state index in [0.29, 0.717) is 52.2 Å². The van der Waals surface area contributed by atoms with Crippen LogP contribution in [0, 0.1) is 0 Å². The molecule has 0 radical (unpaired) electrons. The van der Waals surface area contributed by atoms with Crippen LogP contribution < -0.4 is 16.2 Å². The van der Waals surface area contributed by atoms with Crippen molar-refractivity contribution < 1.29 is 9.84 Å². The van der Waals surface area contributed by atoms with Gasteiger partial charge in [-0.2, -0.15) is 4.98 Å². The molecule has 9 nitrogen and oxygen atoms in total. The molecular weight excluding hydrogens is 408 g/mol. The molecular formula is C23H24N6O3. The lowest BCUT2D eigenvalue weighted by atomic mass is 10.2. The molecule has 1 aromatic carbocycles. The molecule has 0 aliphatic heterocycles. The van der Waals surface area contributed by atoms with Gasteiger partial charge in [0.05, 0.1) is 17.8 Å². The average molecular weight is 432 g/mol. The highest BCUT2D eigenvalue weighted by Crippen LogP contribution is 2.27. The van der Waals surface area contributed by atoms with Crippen molar-refractivity contribution in [2.24, 2.45) is 7.05 Å². The van der Waals surface area contributed by atoms with Crippen molar-refractivity contribution in [2.75, 3.05) is 5.73 Å². The number of allylic oxidation sites excluding steroid dienone is 2. The third kappa shape index (κ3) is 3.48. The molecule has 0 unspecified atom stereocenters. The van der Waals surface area contributed by atoms with Crippen LogP contribution in [0.2, 0.25) is 0 Å². The number of fused-ring (bicyclic) bond motifs is 1. The molecule has 9 heteroatoms. The van der Waals surface area contributed by atoms with E-state index >= 15 is 0 Å². The Hall–Kier alpha value is -4.11. The molecule has 0 saturated carbocycles. The SMILES string of the molecule is C=C/C=C\c1nc(Oc2ccc(-n3c(=O)n(CC)c4c(CO)ccnc43)cc2)n(C)c1N. The van der Waals surface area contributed by atoms with Crippen molar-refractivity contribution in [3.63, 3.8) is 0 Å². The van der Waals surface area contributed by atoms with Gasteiger partial charge in [0.25, 0.3) is 0 Å². The Labute approximate surface area is 184 Å². The summed E-state index contributed by atoms with van der Waals surface area (Å²) in [4.78, 5) is 21.9. The van der Waals surface area contributed by atoms with E-state index in [1.807, 2.05) is 6.92 Å². The second kappa shape index (κ2) is 8.56. The quantitative estimate of drug-likeness (QED) is 0.434. The molecule has 4 aromatic rings. The number of nitrogens with two attached hydrogens (primary N) is 1. The first-order valence-electron chi connectivity index (χ1n) is 10.1. The summed E-state index contributed by atoms with van der Waals surface area (Å²) in [6, 6.07) is 9.09. The molecule has 0 aliphatic rings. The van der Waals surface area contributed by atoms with Crippen LogP contribution in [0.5, 0.6) is 11.8 Å². The zero-order chi connectivity index (χ0) is 22.8. The van der Waals surface area contributed by atoms with Gasteiger partial charge in [0, 0.05) is 25.4 Å². The van der Waals surface area contributed by atoms with Gasteiger partial charge < -0.3 is 15.6 Å². The number of benzene rings is 1. The van der Waals surface area contributed by atoms with Gasteiger partial charge in [-0.1, -0.05) is 18.7 Å². The third-order valence-corrected chi connectivity index (χ3v) is 5.20. The standard InChI is InChI=1S/C23H24N6O3/c1-4-6-7-18-20(24)27(3)22(26-18)32-17-10-8-16(9-11-17)29-21-19(28(5-2)23(29)31)15(14-30)12-13-25-21/h4,6-13,30H,1,5,14,24H2,2-3H3/b7-6-. The van der Waals surface area contributed by atoms with Gasteiger partial charge in [-0.15, -0.1) is 0 Å². The van der Waals surface area contributed by atoms with Crippen molar-refractivity contribution in [1.29, 1.82) is 0 Å². The van der Waals surface area contributed by atoms with Crippen molar-refractivity contribution in [2.45, 2.75) is 20.1 Å². The first kappa shape index (κ1) is 21.1. The smallest absolute Gasteiger partial charge is 0.334 e. The van der Waals surface area contributed by atoms with Gasteiger partial charge >= 0.3 is 11.7 Å². The number of aromatic nitrogens is 5. The van der Waals surface area contributed by atoms with Gasteiger partial charge in [-0.05, 0) is 43.3 Å². The van der Waals surface area contributed by atoms with Crippen LogP contribution in [0.15, 0.2) is 60.1 Å². The van der Waals surface area contributed by atoms with Crippen LogP contribution in [0.25, 0.3) is 22.9 Å². The highest BCUT2D eigenvalue weighted by Gasteiger charge is 2.18. The van der Waals surface area contributed by atoms with Gasteiger partial charge in [-0.25, -0.2) is 14.3 Å². The van der Waals surface area contributed by atoms with Crippen LogP contribution in [0.1, 0.15) is 18.2 Å². The fraction of sp³-hybridized carbons (Fsp3) is 0.174. The molecule has 0 saturated heterocycles. The summed E-state index contributed by atoms with van der Waals surface area (Å²) < 4.78 is 10.7. The van der Waals surface area contributed by atoms with Gasteiger partial charge in [0.2, 0.25) is 0 Å². The predicted octanol–water partition coefficient (Wildman–Crippen LogP) is 3.01. The second-order valence-electron chi connectivity index (χ2n) is 7.08. The fourth-order valence-electron chi connectivity index (χ4n) is 3.55. The van der Waals surface area contributed by atoms with Crippen LogP contribution >= 0.6 is 0 Å². The number of hydrogen-bond acceptors (Lipinski definition) is 6. The third-order valence-electron chi connectivity index (χ3n) is 5.20. The van der Waals surface area contributed by atoms with Crippen LogP contribution in [-0.4, -0.2) is 28.8 Å². The summed E-state index contributed by atoms with van der Waals surface area (Å²) in [6.45, 7) is 5.81. The summed E-state index contributed by atoms with van der Waals surface area (Å²) in [7, 11) is 1.76. The molecule has 0 spiro atoms. The Kier molecular flexibility index (Phi) is 5.65. The monoisotopic (exact) mass is 432 g/mol. The predicted molar refractivity (Wildman–Crippen MR) is 124 cm³/mol. The maximum Gasteiger partial charge on any atom is 0.334 e. The van der Waals surface area contributed by atoms with Gasteiger partial charge in [0.15, 0.2) is 5.65 Å². The summed E-state index contributed by atoms with van der Waals surface area (Å²) in [5.74, 6) is 1.01. The minimum absolute atomic E-state index is 0.175. The number of rotatable bonds is 7. The number of aryl methyl sites for hydroxylation is 1. The molecule has 0 bridgehead atoms. The first-order chi connectivity index (χ1) is 15.5. The highest BCUT2D eigenvalue weighted by molar-refractivity contribution is 5.77. The number of aliphatic hydroxyl groups is 1.